The Morgan fingerprint density at radius 3 is 2.95 bits per heavy atom. The molecule has 1 N–H and O–H groups in total. The third kappa shape index (κ3) is 4.02. The lowest BCUT2D eigenvalue weighted by Gasteiger charge is -2.34. The lowest BCUT2D eigenvalue weighted by atomic mass is 9.98. The molecule has 0 aromatic heterocycles. The SMILES string of the molecule is COc1ccc(C(=O)CN2CCCCC2CCO)cc1F. The number of carbonyl (C=O) groups is 1. The Balaban J connectivity index is 2.04. The lowest BCUT2D eigenvalue weighted by molar-refractivity contribution is 0.0798. The first-order valence-corrected chi connectivity index (χ1v) is 7.37. The van der Waals surface area contributed by atoms with Crippen LogP contribution in [0.5, 0.6) is 5.75 Å². The van der Waals surface area contributed by atoms with Crippen LogP contribution in [0.1, 0.15) is 36.0 Å². The fraction of sp³-hybridized carbons (Fsp3) is 0.562. The van der Waals surface area contributed by atoms with Crippen LogP contribution < -0.4 is 4.74 Å². The van der Waals surface area contributed by atoms with Crippen LogP contribution in [0, 0.1) is 5.82 Å². The van der Waals surface area contributed by atoms with E-state index in [0.717, 1.165) is 25.8 Å². The van der Waals surface area contributed by atoms with Gasteiger partial charge in [0.25, 0.3) is 0 Å². The van der Waals surface area contributed by atoms with Gasteiger partial charge in [0.15, 0.2) is 17.3 Å². The zero-order chi connectivity index (χ0) is 15.2. The molecule has 1 aromatic rings. The van der Waals surface area contributed by atoms with Crippen LogP contribution >= 0.6 is 0 Å². The third-order valence-electron chi connectivity index (χ3n) is 4.03. The van der Waals surface area contributed by atoms with E-state index in [1.165, 1.54) is 19.2 Å². The van der Waals surface area contributed by atoms with Gasteiger partial charge < -0.3 is 9.84 Å². The normalized spacial score (nSPS) is 19.5. The van der Waals surface area contributed by atoms with Gasteiger partial charge in [0.05, 0.1) is 13.7 Å². The molecule has 21 heavy (non-hydrogen) atoms. The number of hydrogen-bond donors (Lipinski definition) is 1. The Kier molecular flexibility index (Phi) is 5.70. The largest absolute Gasteiger partial charge is 0.494 e. The van der Waals surface area contributed by atoms with Crippen LogP contribution in [0.3, 0.4) is 0 Å². The van der Waals surface area contributed by atoms with Crippen molar-refractivity contribution in [1.29, 1.82) is 0 Å². The first kappa shape index (κ1) is 15.9. The number of hydrogen-bond acceptors (Lipinski definition) is 4. The summed E-state index contributed by atoms with van der Waals surface area (Å²) >= 11 is 0. The Labute approximate surface area is 124 Å². The number of aliphatic hydroxyl groups excluding tert-OH is 1. The summed E-state index contributed by atoms with van der Waals surface area (Å²) in [4.78, 5) is 14.4. The van der Waals surface area contributed by atoms with Gasteiger partial charge in [0.1, 0.15) is 0 Å². The molecule has 0 radical (unpaired) electrons. The van der Waals surface area contributed by atoms with Crippen molar-refractivity contribution in [2.24, 2.45) is 0 Å². The van der Waals surface area contributed by atoms with Gasteiger partial charge in [-0.3, -0.25) is 9.69 Å². The monoisotopic (exact) mass is 295 g/mol. The average molecular weight is 295 g/mol. The van der Waals surface area contributed by atoms with Gasteiger partial charge in [0, 0.05) is 18.2 Å². The highest BCUT2D eigenvalue weighted by molar-refractivity contribution is 5.97. The fourth-order valence-corrected chi connectivity index (χ4v) is 2.86. The van der Waals surface area contributed by atoms with Crippen molar-refractivity contribution < 1.29 is 19.0 Å². The summed E-state index contributed by atoms with van der Waals surface area (Å²) in [6, 6.07) is 4.54. The number of halogens is 1. The van der Waals surface area contributed by atoms with E-state index in [9.17, 15) is 9.18 Å². The van der Waals surface area contributed by atoms with Gasteiger partial charge in [0.2, 0.25) is 0 Å². The van der Waals surface area contributed by atoms with Gasteiger partial charge in [-0.15, -0.1) is 0 Å². The summed E-state index contributed by atoms with van der Waals surface area (Å²) in [5.41, 5.74) is 0.363. The average Bonchev–Trinajstić information content (AvgIpc) is 2.49. The third-order valence-corrected chi connectivity index (χ3v) is 4.03. The molecule has 1 aliphatic heterocycles. The highest BCUT2D eigenvalue weighted by Crippen LogP contribution is 2.21. The topological polar surface area (TPSA) is 49.8 Å². The quantitative estimate of drug-likeness (QED) is 0.818. The molecule has 0 bridgehead atoms. The van der Waals surface area contributed by atoms with Gasteiger partial charge in [-0.1, -0.05) is 6.42 Å². The molecule has 1 aliphatic rings. The summed E-state index contributed by atoms with van der Waals surface area (Å²) in [7, 11) is 1.40. The molecule has 1 heterocycles. The van der Waals surface area contributed by atoms with Gasteiger partial charge in [-0.05, 0) is 44.0 Å². The molecule has 5 heteroatoms. The minimum Gasteiger partial charge on any atom is -0.494 e. The number of carbonyl (C=O) groups excluding carboxylic acids is 1. The summed E-state index contributed by atoms with van der Waals surface area (Å²) in [5.74, 6) is -0.474. The molecule has 1 fully saturated rings. The van der Waals surface area contributed by atoms with Gasteiger partial charge in [-0.2, -0.15) is 0 Å². The van der Waals surface area contributed by atoms with Crippen molar-refractivity contribution in [3.05, 3.63) is 29.6 Å². The Bertz CT molecular complexity index is 490. The number of rotatable bonds is 6. The molecular formula is C16H22FNO3. The van der Waals surface area contributed by atoms with E-state index in [-0.39, 0.29) is 30.7 Å². The summed E-state index contributed by atoms with van der Waals surface area (Å²) < 4.78 is 18.5. The highest BCUT2D eigenvalue weighted by Gasteiger charge is 2.24. The molecule has 1 saturated heterocycles. The highest BCUT2D eigenvalue weighted by atomic mass is 19.1. The lowest BCUT2D eigenvalue weighted by Crippen LogP contribution is -2.43. The number of aliphatic hydroxyl groups is 1. The maximum absolute atomic E-state index is 13.7. The van der Waals surface area contributed by atoms with E-state index < -0.39 is 5.82 Å². The number of piperidine rings is 1. The van der Waals surface area contributed by atoms with E-state index in [2.05, 4.69) is 4.90 Å². The molecule has 1 atom stereocenters. The van der Waals surface area contributed by atoms with Crippen LogP contribution in [-0.4, -0.2) is 48.6 Å². The van der Waals surface area contributed by atoms with Crippen LogP contribution in [0.4, 0.5) is 4.39 Å². The van der Waals surface area contributed by atoms with E-state index in [0.29, 0.717) is 12.0 Å². The number of Topliss-reactive ketones (excluding diaryl/α,β-unsaturated/α-hetero) is 1. The maximum atomic E-state index is 13.7. The van der Waals surface area contributed by atoms with Crippen molar-refractivity contribution in [3.63, 3.8) is 0 Å². The Morgan fingerprint density at radius 2 is 2.29 bits per heavy atom. The van der Waals surface area contributed by atoms with E-state index in [1.807, 2.05) is 0 Å². The molecular weight excluding hydrogens is 273 g/mol. The number of likely N-dealkylation sites (tertiary alicyclic amines) is 1. The summed E-state index contributed by atoms with van der Waals surface area (Å²) in [5, 5.41) is 9.11. The zero-order valence-electron chi connectivity index (χ0n) is 12.3. The predicted octanol–water partition coefficient (Wildman–Crippen LogP) is 2.25. The first-order valence-electron chi connectivity index (χ1n) is 7.37. The number of nitrogens with zero attached hydrogens (tertiary/aromatic N) is 1. The molecule has 0 spiro atoms. The van der Waals surface area contributed by atoms with Crippen LogP contribution in [0.15, 0.2) is 18.2 Å². The van der Waals surface area contributed by atoms with Crippen molar-refractivity contribution in [1.82, 2.24) is 4.90 Å². The molecule has 1 unspecified atom stereocenters. The maximum Gasteiger partial charge on any atom is 0.176 e. The molecule has 2 rings (SSSR count). The summed E-state index contributed by atoms with van der Waals surface area (Å²) in [6.07, 6.45) is 3.88. The first-order chi connectivity index (χ1) is 10.2. The molecule has 116 valence electrons. The number of benzene rings is 1. The molecule has 1 aromatic carbocycles. The molecule has 0 saturated carbocycles. The standard InChI is InChI=1S/C16H22FNO3/c1-21-16-6-5-12(10-14(16)17)15(20)11-18-8-3-2-4-13(18)7-9-19/h5-6,10,13,19H,2-4,7-9,11H2,1H3. The second-order valence-corrected chi connectivity index (χ2v) is 5.40. The second-order valence-electron chi connectivity index (χ2n) is 5.40. The molecule has 0 amide bonds. The number of ketones is 1. The Hall–Kier alpha value is -1.46. The minimum absolute atomic E-state index is 0.0959. The van der Waals surface area contributed by atoms with Crippen molar-refractivity contribution >= 4 is 5.78 Å². The minimum atomic E-state index is -0.520. The molecule has 0 aliphatic carbocycles. The van der Waals surface area contributed by atoms with E-state index in [1.54, 1.807) is 6.07 Å². The summed E-state index contributed by atoms with van der Waals surface area (Å²) in [6.45, 7) is 1.26. The molecule has 4 nitrogen and oxygen atoms in total. The fourth-order valence-electron chi connectivity index (χ4n) is 2.86. The predicted molar refractivity (Wildman–Crippen MR) is 78.2 cm³/mol. The van der Waals surface area contributed by atoms with Gasteiger partial charge in [-0.25, -0.2) is 4.39 Å². The zero-order valence-corrected chi connectivity index (χ0v) is 12.3. The Morgan fingerprint density at radius 1 is 1.48 bits per heavy atom. The van der Waals surface area contributed by atoms with Crippen LogP contribution in [-0.2, 0) is 0 Å². The van der Waals surface area contributed by atoms with Crippen molar-refractivity contribution in [3.8, 4) is 5.75 Å². The van der Waals surface area contributed by atoms with Crippen LogP contribution in [0.25, 0.3) is 0 Å². The van der Waals surface area contributed by atoms with E-state index in [4.69, 9.17) is 9.84 Å². The van der Waals surface area contributed by atoms with E-state index >= 15 is 0 Å². The van der Waals surface area contributed by atoms with Crippen molar-refractivity contribution in [2.75, 3.05) is 26.8 Å². The number of methoxy groups -OCH3 is 1. The van der Waals surface area contributed by atoms with Gasteiger partial charge >= 0.3 is 0 Å². The number of ether oxygens (including phenoxy) is 1. The second kappa shape index (κ2) is 7.52. The van der Waals surface area contributed by atoms with Crippen LogP contribution in [0.2, 0.25) is 0 Å². The smallest absolute Gasteiger partial charge is 0.176 e. The van der Waals surface area contributed by atoms with Crippen molar-refractivity contribution in [2.45, 2.75) is 31.7 Å².